The van der Waals surface area contributed by atoms with E-state index in [4.69, 9.17) is 18.9 Å². The second kappa shape index (κ2) is 25.1. The average molecular weight is 844 g/mol. The molecule has 0 spiro atoms. The van der Waals surface area contributed by atoms with Crippen LogP contribution in [0.15, 0.2) is 92.8 Å². The van der Waals surface area contributed by atoms with E-state index in [1.165, 1.54) is 24.3 Å². The van der Waals surface area contributed by atoms with Gasteiger partial charge in [0.1, 0.15) is 23.0 Å². The average Bonchev–Trinajstić information content (AvgIpc) is 3.15. The second-order valence-corrected chi connectivity index (χ2v) is 11.3. The van der Waals surface area contributed by atoms with E-state index in [1.54, 1.807) is 105 Å². The first-order valence-corrected chi connectivity index (χ1v) is 16.4. The maximum absolute atomic E-state index is 11.9. The van der Waals surface area contributed by atoms with E-state index < -0.39 is 0 Å². The Balaban J connectivity index is 0.00000101. The minimum absolute atomic E-state index is 0. The number of benzene rings is 4. The minimum atomic E-state index is -0.0980. The zero-order chi connectivity index (χ0) is 38.2. The minimum Gasteiger partial charge on any atom is -0.872 e. The Bertz CT molecular complexity index is 1670. The van der Waals surface area contributed by atoms with Gasteiger partial charge in [0, 0.05) is 22.8 Å². The zero-order valence-corrected chi connectivity index (χ0v) is 33.9. The fraction of sp³-hybridized carbons (Fsp3) is 0.300. The van der Waals surface area contributed by atoms with E-state index in [0.29, 0.717) is 94.3 Å². The number of methoxy groups -OCH3 is 4. The van der Waals surface area contributed by atoms with Crippen molar-refractivity contribution in [2.45, 2.75) is 27.7 Å². The van der Waals surface area contributed by atoms with Gasteiger partial charge in [0.05, 0.1) is 54.6 Å². The molecule has 4 aromatic rings. The van der Waals surface area contributed by atoms with Gasteiger partial charge in [-0.05, 0) is 98.5 Å². The molecule has 0 saturated carbocycles. The Morgan fingerprint density at radius 3 is 0.745 bits per heavy atom. The second-order valence-electron chi connectivity index (χ2n) is 11.3. The fourth-order valence-electron chi connectivity index (χ4n) is 4.89. The van der Waals surface area contributed by atoms with Gasteiger partial charge in [-0.3, -0.25) is 20.0 Å². The smallest absolute Gasteiger partial charge is 0.872 e. The topological polar surface area (TPSA) is 210 Å². The summed E-state index contributed by atoms with van der Waals surface area (Å²) in [6.07, 6.45) is 0. The third-order valence-electron chi connectivity index (χ3n) is 7.90. The summed E-state index contributed by atoms with van der Waals surface area (Å²) in [5.74, 6) is 2.07. The summed E-state index contributed by atoms with van der Waals surface area (Å²) in [5, 5.41) is 47.8. The maximum atomic E-state index is 11.9. The molecule has 0 aliphatic heterocycles. The van der Waals surface area contributed by atoms with E-state index >= 15 is 0 Å². The molecule has 0 aliphatic carbocycles. The van der Waals surface area contributed by atoms with Crippen LogP contribution >= 0.6 is 0 Å². The fourth-order valence-corrected chi connectivity index (χ4v) is 4.89. The molecule has 0 heterocycles. The first kappa shape index (κ1) is 49.9. The van der Waals surface area contributed by atoms with Gasteiger partial charge in [0.25, 0.3) is 0 Å². The van der Waals surface area contributed by atoms with E-state index in [-0.39, 0.29) is 61.5 Å². The van der Waals surface area contributed by atoms with Crippen LogP contribution in [0.1, 0.15) is 49.9 Å². The molecule has 4 rings (SSSR count). The van der Waals surface area contributed by atoms with Gasteiger partial charge in [-0.25, -0.2) is 0 Å². The summed E-state index contributed by atoms with van der Waals surface area (Å²) in [6, 6.07) is 19.1. The first-order valence-electron chi connectivity index (χ1n) is 16.4. The summed E-state index contributed by atoms with van der Waals surface area (Å²) < 4.78 is 20.6. The Morgan fingerprint density at radius 2 is 0.582 bits per heavy atom. The van der Waals surface area contributed by atoms with Crippen LogP contribution in [0.3, 0.4) is 0 Å². The van der Waals surface area contributed by atoms with Crippen molar-refractivity contribution in [2.75, 3.05) is 54.6 Å². The molecular formula is C40H46N4Ni2O9. The first-order chi connectivity index (χ1) is 24.9. The van der Waals surface area contributed by atoms with Crippen molar-refractivity contribution in [3.05, 3.63) is 95.1 Å². The molecule has 0 fully saturated rings. The molecule has 0 bridgehead atoms. The number of aliphatic imine (C=N–C) groups is 4. The molecule has 300 valence electrons. The van der Waals surface area contributed by atoms with Crippen LogP contribution in [0.25, 0.3) is 0 Å². The predicted molar refractivity (Wildman–Crippen MR) is 202 cm³/mol. The van der Waals surface area contributed by atoms with Crippen molar-refractivity contribution in [1.29, 1.82) is 0 Å². The van der Waals surface area contributed by atoms with E-state index in [9.17, 15) is 20.4 Å². The number of nitrogens with zero attached hydrogens (tertiary/aromatic N) is 4. The number of ether oxygens (including phenoxy) is 4. The third-order valence-corrected chi connectivity index (χ3v) is 7.90. The van der Waals surface area contributed by atoms with Gasteiger partial charge in [0.15, 0.2) is 0 Å². The standard InChI is InChI=1S/2C20H24N2O4.2Ni.H2O/c2*1-13(17-11-15(25-3)5-7-19(17)23)21-9-10-22-14(2)18-12-16(26-4)6-8-20(18)24;;;/h2*5-8,11-12,23-24H,9-10H2,1-4H3;;;1H2/q;;2*+2;/p-4. The molecule has 2 N–H and O–H groups in total. The van der Waals surface area contributed by atoms with E-state index in [0.717, 1.165) is 0 Å². The number of rotatable bonds is 14. The van der Waals surface area contributed by atoms with Crippen LogP contribution in [0.4, 0.5) is 0 Å². The van der Waals surface area contributed by atoms with Gasteiger partial charge in [-0.1, -0.05) is 47.3 Å². The Hall–Kier alpha value is -5.09. The van der Waals surface area contributed by atoms with Crippen LogP contribution < -0.4 is 39.4 Å². The number of hydrogen-bond donors (Lipinski definition) is 0. The molecule has 0 radical (unpaired) electrons. The third kappa shape index (κ3) is 14.9. The van der Waals surface area contributed by atoms with Crippen molar-refractivity contribution in [3.63, 3.8) is 0 Å². The molecule has 15 heteroatoms. The summed E-state index contributed by atoms with van der Waals surface area (Å²) in [5.41, 5.74) is 4.58. The van der Waals surface area contributed by atoms with Crippen molar-refractivity contribution in [1.82, 2.24) is 0 Å². The summed E-state index contributed by atoms with van der Waals surface area (Å²) in [7, 11) is 6.21. The van der Waals surface area contributed by atoms with Gasteiger partial charge < -0.3 is 44.8 Å². The van der Waals surface area contributed by atoms with E-state index in [1.807, 2.05) is 0 Å². The Kier molecular flexibility index (Phi) is 22.8. The van der Waals surface area contributed by atoms with Crippen LogP contribution in [0, 0.1) is 0 Å². The van der Waals surface area contributed by atoms with Gasteiger partial charge in [-0.2, -0.15) is 0 Å². The van der Waals surface area contributed by atoms with Gasteiger partial charge in [-0.15, -0.1) is 0 Å². The molecule has 0 aromatic heterocycles. The Labute approximate surface area is 342 Å². The largest absolute Gasteiger partial charge is 2.00 e. The van der Waals surface area contributed by atoms with Gasteiger partial charge in [0.2, 0.25) is 0 Å². The molecular weight excluding hydrogens is 798 g/mol. The molecule has 0 unspecified atom stereocenters. The van der Waals surface area contributed by atoms with E-state index in [2.05, 4.69) is 20.0 Å². The molecule has 4 aromatic carbocycles. The van der Waals surface area contributed by atoms with Crippen molar-refractivity contribution < 1.29 is 77.8 Å². The number of hydrogen-bond acceptors (Lipinski definition) is 12. The maximum Gasteiger partial charge on any atom is 2.00 e. The van der Waals surface area contributed by atoms with Crippen LogP contribution in [0.2, 0.25) is 0 Å². The monoisotopic (exact) mass is 842 g/mol. The molecule has 13 nitrogen and oxygen atoms in total. The molecule has 0 aliphatic rings. The summed E-state index contributed by atoms with van der Waals surface area (Å²) in [4.78, 5) is 17.6. The molecule has 0 saturated heterocycles. The van der Waals surface area contributed by atoms with Crippen molar-refractivity contribution >= 4 is 22.8 Å². The van der Waals surface area contributed by atoms with Crippen molar-refractivity contribution in [3.8, 4) is 46.0 Å². The van der Waals surface area contributed by atoms with Crippen LogP contribution in [0.5, 0.6) is 46.0 Å². The van der Waals surface area contributed by atoms with Crippen molar-refractivity contribution in [2.24, 2.45) is 20.0 Å². The molecule has 0 atom stereocenters. The normalized spacial score (nSPS) is 11.5. The summed E-state index contributed by atoms with van der Waals surface area (Å²) >= 11 is 0. The van der Waals surface area contributed by atoms with Gasteiger partial charge >= 0.3 is 33.0 Å². The predicted octanol–water partition coefficient (Wildman–Crippen LogP) is 3.51. The Morgan fingerprint density at radius 1 is 0.400 bits per heavy atom. The molecule has 55 heavy (non-hydrogen) atoms. The van der Waals surface area contributed by atoms with Crippen LogP contribution in [-0.4, -0.2) is 82.9 Å². The van der Waals surface area contributed by atoms with Crippen LogP contribution in [-0.2, 0) is 33.0 Å². The zero-order valence-electron chi connectivity index (χ0n) is 31.9. The SMILES string of the molecule is COc1ccc([O-])c(C(C)=NCCN=C(C)c2cc(OC)ccc2[O-])c1.COc1ccc([O-])c(C(C)=NCCN=C(C)c2cc(OC)ccc2[O-])c1.O.[Ni+2].[Ni+2]. The molecule has 0 amide bonds. The summed E-state index contributed by atoms with van der Waals surface area (Å²) in [6.45, 7) is 8.79. The quantitative estimate of drug-likeness (QED) is 0.104.